The Kier molecular flexibility index (Phi) is 19.7. The van der Waals surface area contributed by atoms with Crippen LogP contribution in [0.15, 0.2) is 72.8 Å². The normalized spacial score (nSPS) is 16.3. The van der Waals surface area contributed by atoms with Gasteiger partial charge in [-0.1, -0.05) is 89.0 Å². The van der Waals surface area contributed by atoms with Crippen molar-refractivity contribution in [3.63, 3.8) is 0 Å². The number of hydrogen-bond donors (Lipinski definition) is 0. The average molecular weight is 1220 g/mol. The first-order valence-electron chi connectivity index (χ1n) is 28.3. The van der Waals surface area contributed by atoms with Crippen molar-refractivity contribution in [3.8, 4) is 34.4 Å². The molecule has 456 valence electrons. The standard InChI is InChI=1S/2C30H36ClN7O5/c1-7-42-26(39)16-24-33-35-36-37(24)14-13-23-29-34-32-25(17-30(2,3)4)38(29)21-12-11-18(31)15-20(21)27(43-23)19-9-8-10-22(40-5)28(19)41-6;1-7-42-26(39)16-24-32-36-37(35-24)14-13-23-29-34-33-25(17-30(2,3)4)38(29)21-12-11-18(31)15-20(21)27(43-23)19-9-8-10-22(40-5)28(19)41-6/h2*8-12,15,23,27H,7,13-14,16-17H2,1-6H3/t2*23-,27-/m11/s1. The Morgan fingerprint density at radius 1 is 0.558 bits per heavy atom. The van der Waals surface area contributed by atoms with Gasteiger partial charge in [0.15, 0.2) is 46.3 Å². The molecule has 0 radical (unpaired) electrons. The van der Waals surface area contributed by atoms with E-state index in [-0.39, 0.29) is 42.7 Å². The maximum absolute atomic E-state index is 12.2. The van der Waals surface area contributed by atoms with E-state index in [1.165, 1.54) is 4.80 Å². The van der Waals surface area contributed by atoms with Gasteiger partial charge in [0.1, 0.15) is 48.9 Å². The van der Waals surface area contributed by atoms with Crippen LogP contribution >= 0.6 is 23.2 Å². The summed E-state index contributed by atoms with van der Waals surface area (Å²) in [7, 11) is 6.41. The smallest absolute Gasteiger partial charge is 0.313 e. The van der Waals surface area contributed by atoms with E-state index in [4.69, 9.17) is 61.1 Å². The second-order valence-corrected chi connectivity index (χ2v) is 23.7. The van der Waals surface area contributed by atoms with Gasteiger partial charge in [0, 0.05) is 64.5 Å². The lowest BCUT2D eigenvalue weighted by molar-refractivity contribution is -0.143. The minimum absolute atomic E-state index is 0.0359. The first-order chi connectivity index (χ1) is 41.2. The fraction of sp³-hybridized carbons (Fsp3) is 0.467. The number of methoxy groups -OCH3 is 4. The molecule has 0 saturated carbocycles. The molecular formula is C60H72Cl2N14O10. The molecule has 2 aliphatic heterocycles. The molecule has 0 bridgehead atoms. The number of ether oxygens (including phenoxy) is 8. The quantitative estimate of drug-likeness (QED) is 0.0643. The Labute approximate surface area is 508 Å². The molecule has 10 rings (SSSR count). The second-order valence-electron chi connectivity index (χ2n) is 22.8. The minimum Gasteiger partial charge on any atom is -0.493 e. The molecule has 8 aromatic rings. The highest BCUT2D eigenvalue weighted by atomic mass is 35.5. The van der Waals surface area contributed by atoms with Crippen molar-refractivity contribution in [3.05, 3.63) is 140 Å². The number of nitrogens with zero attached hydrogens (tertiary/aromatic N) is 14. The Morgan fingerprint density at radius 2 is 1.05 bits per heavy atom. The molecule has 4 atom stereocenters. The van der Waals surface area contributed by atoms with Crippen LogP contribution in [0.25, 0.3) is 11.4 Å². The lowest BCUT2D eigenvalue weighted by atomic mass is 9.91. The van der Waals surface area contributed by atoms with Gasteiger partial charge in [-0.15, -0.1) is 35.7 Å². The van der Waals surface area contributed by atoms with Crippen molar-refractivity contribution in [1.82, 2.24) is 69.9 Å². The van der Waals surface area contributed by atoms with Crippen LogP contribution in [-0.2, 0) is 67.3 Å². The fourth-order valence-electron chi connectivity index (χ4n) is 10.5. The van der Waals surface area contributed by atoms with E-state index in [1.54, 1.807) is 47.0 Å². The van der Waals surface area contributed by atoms with E-state index in [9.17, 15) is 9.59 Å². The Balaban J connectivity index is 0.000000205. The zero-order chi connectivity index (χ0) is 61.5. The second kappa shape index (κ2) is 27.1. The number of aromatic nitrogens is 14. The summed E-state index contributed by atoms with van der Waals surface area (Å²) in [5, 5.41) is 44.2. The van der Waals surface area contributed by atoms with E-state index in [2.05, 4.69) is 102 Å². The first kappa shape index (κ1) is 62.5. The van der Waals surface area contributed by atoms with Gasteiger partial charge in [0.05, 0.1) is 59.6 Å². The maximum Gasteiger partial charge on any atom is 0.313 e. The number of fused-ring (bicyclic) bond motifs is 6. The Bertz CT molecular complexity index is 3660. The molecule has 0 N–H and O–H groups in total. The predicted molar refractivity (Wildman–Crippen MR) is 315 cm³/mol. The summed E-state index contributed by atoms with van der Waals surface area (Å²) in [6, 6.07) is 22.9. The summed E-state index contributed by atoms with van der Waals surface area (Å²) in [5.74, 6) is 5.11. The molecule has 2 aliphatic rings. The van der Waals surface area contributed by atoms with Crippen molar-refractivity contribution < 1.29 is 47.5 Å². The molecule has 24 nitrogen and oxygen atoms in total. The fourth-order valence-corrected chi connectivity index (χ4v) is 10.8. The molecular weight excluding hydrogens is 1150 g/mol. The van der Waals surface area contributed by atoms with Crippen LogP contribution in [0.2, 0.25) is 10.0 Å². The van der Waals surface area contributed by atoms with Gasteiger partial charge in [-0.05, 0) is 88.8 Å². The predicted octanol–water partition coefficient (Wildman–Crippen LogP) is 9.74. The van der Waals surface area contributed by atoms with Gasteiger partial charge in [0.25, 0.3) is 0 Å². The zero-order valence-electron chi connectivity index (χ0n) is 50.4. The van der Waals surface area contributed by atoms with Crippen LogP contribution in [0.5, 0.6) is 23.0 Å². The van der Waals surface area contributed by atoms with Crippen LogP contribution in [-0.4, -0.2) is 124 Å². The SMILES string of the molecule is CCOC(=O)Cc1nnn(CC[C@H]2O[C@H](c3cccc(OC)c3OC)c3cc(Cl)ccc3-n3c(CC(C)(C)C)nnc32)n1.CCOC(=O)Cc1nnnn1CC[C@H]1O[C@H](c2cccc(OC)c2OC)c2cc(Cl)ccc2-n2c(CC(C)(C)C)nnc21. The number of esters is 2. The number of benzene rings is 4. The summed E-state index contributed by atoms with van der Waals surface area (Å²) < 4.78 is 52.6. The molecule has 26 heteroatoms. The summed E-state index contributed by atoms with van der Waals surface area (Å²) in [6.07, 6.45) is -0.121. The lowest BCUT2D eigenvalue weighted by Gasteiger charge is -2.25. The van der Waals surface area contributed by atoms with Crippen LogP contribution in [0.4, 0.5) is 0 Å². The van der Waals surface area contributed by atoms with Crippen LogP contribution in [0, 0.1) is 10.8 Å². The number of carbonyl (C=O) groups excluding carboxylic acids is 2. The Hall–Kier alpha value is -8.06. The van der Waals surface area contributed by atoms with E-state index in [0.29, 0.717) is 89.3 Å². The zero-order valence-corrected chi connectivity index (χ0v) is 51.9. The van der Waals surface area contributed by atoms with Gasteiger partial charge >= 0.3 is 11.9 Å². The number of para-hydroxylation sites is 2. The topological polar surface area (TPSA) is 257 Å². The molecule has 4 aromatic heterocycles. The van der Waals surface area contributed by atoms with Crippen molar-refractivity contribution >= 4 is 35.1 Å². The third-order valence-electron chi connectivity index (χ3n) is 14.0. The van der Waals surface area contributed by atoms with Crippen molar-refractivity contribution in [1.29, 1.82) is 0 Å². The highest BCUT2D eigenvalue weighted by molar-refractivity contribution is 6.31. The van der Waals surface area contributed by atoms with Crippen LogP contribution < -0.4 is 18.9 Å². The minimum atomic E-state index is -0.596. The van der Waals surface area contributed by atoms with Crippen LogP contribution in [0.1, 0.15) is 150 Å². The van der Waals surface area contributed by atoms with E-state index in [0.717, 1.165) is 45.3 Å². The third-order valence-corrected chi connectivity index (χ3v) is 14.5. The Morgan fingerprint density at radius 3 is 1.51 bits per heavy atom. The molecule has 0 amide bonds. The molecule has 0 spiro atoms. The molecule has 0 fully saturated rings. The van der Waals surface area contributed by atoms with Crippen molar-refractivity contribution in [2.75, 3.05) is 41.7 Å². The molecule has 86 heavy (non-hydrogen) atoms. The first-order valence-corrected chi connectivity index (χ1v) is 29.0. The number of carbonyl (C=O) groups is 2. The van der Waals surface area contributed by atoms with Gasteiger partial charge in [-0.3, -0.25) is 18.7 Å². The molecule has 0 unspecified atom stereocenters. The largest absolute Gasteiger partial charge is 0.493 e. The summed E-state index contributed by atoms with van der Waals surface area (Å²) in [4.78, 5) is 25.5. The van der Waals surface area contributed by atoms with Crippen LogP contribution in [0.3, 0.4) is 0 Å². The van der Waals surface area contributed by atoms with Gasteiger partial charge in [0.2, 0.25) is 0 Å². The molecule has 0 saturated heterocycles. The molecule has 6 heterocycles. The maximum atomic E-state index is 12.2. The van der Waals surface area contributed by atoms with Crippen molar-refractivity contribution in [2.24, 2.45) is 10.8 Å². The monoisotopic (exact) mass is 1220 g/mol. The summed E-state index contributed by atoms with van der Waals surface area (Å²) >= 11 is 13.2. The average Bonchev–Trinajstić information content (AvgIpc) is 1.95. The van der Waals surface area contributed by atoms with E-state index < -0.39 is 36.4 Å². The van der Waals surface area contributed by atoms with Crippen molar-refractivity contribution in [2.45, 2.75) is 131 Å². The summed E-state index contributed by atoms with van der Waals surface area (Å²) in [6.45, 7) is 17.8. The van der Waals surface area contributed by atoms with Gasteiger partial charge in [-0.25, -0.2) is 4.68 Å². The molecule has 0 aliphatic carbocycles. The highest BCUT2D eigenvalue weighted by Crippen LogP contribution is 2.49. The summed E-state index contributed by atoms with van der Waals surface area (Å²) in [5.41, 5.74) is 4.87. The lowest BCUT2D eigenvalue weighted by Crippen LogP contribution is -2.18. The number of tetrazole rings is 2. The number of aryl methyl sites for hydroxylation is 2. The van der Waals surface area contributed by atoms with Gasteiger partial charge in [-0.2, -0.15) is 4.80 Å². The van der Waals surface area contributed by atoms with Gasteiger partial charge < -0.3 is 37.9 Å². The van der Waals surface area contributed by atoms with E-state index >= 15 is 0 Å². The number of rotatable bonds is 20. The number of hydrogen-bond acceptors (Lipinski definition) is 20. The third kappa shape index (κ3) is 14.3. The molecule has 4 aromatic carbocycles. The highest BCUT2D eigenvalue weighted by Gasteiger charge is 2.39. The van der Waals surface area contributed by atoms with E-state index in [1.807, 2.05) is 72.8 Å². The number of halogens is 2.